The molecule has 1 aromatic heterocycles. The van der Waals surface area contributed by atoms with Crippen molar-refractivity contribution >= 4 is 39.0 Å². The van der Waals surface area contributed by atoms with Crippen molar-refractivity contribution in [1.29, 1.82) is 0 Å². The molecule has 0 spiro atoms. The zero-order valence-electron chi connectivity index (χ0n) is 20.6. The maximum absolute atomic E-state index is 13.9. The van der Waals surface area contributed by atoms with E-state index in [1.54, 1.807) is 0 Å². The molecular formula is C31H27BrN2OS. The lowest BCUT2D eigenvalue weighted by molar-refractivity contribution is 0.585. The highest BCUT2D eigenvalue weighted by atomic mass is 79.9. The van der Waals surface area contributed by atoms with E-state index in [0.717, 1.165) is 38.9 Å². The highest BCUT2D eigenvalue weighted by Gasteiger charge is 2.32. The maximum Gasteiger partial charge on any atom is 0.271 e. The number of thiazole rings is 1. The Bertz CT molecular complexity index is 1680. The lowest BCUT2D eigenvalue weighted by atomic mass is 9.83. The zero-order valence-corrected chi connectivity index (χ0v) is 23.0. The van der Waals surface area contributed by atoms with Gasteiger partial charge in [0.05, 0.1) is 16.3 Å². The van der Waals surface area contributed by atoms with Crippen LogP contribution < -0.4 is 14.9 Å². The molecule has 0 unspecified atom stereocenters. The third kappa shape index (κ3) is 4.04. The Kier molecular flexibility index (Phi) is 5.73. The third-order valence-corrected chi connectivity index (χ3v) is 8.64. The fraction of sp³-hybridized carbons (Fsp3) is 0.226. The Balaban J connectivity index is 1.55. The molecule has 5 heteroatoms. The average Bonchev–Trinajstić information content (AvgIpc) is 3.17. The number of aryl methyl sites for hydroxylation is 1. The second-order valence-electron chi connectivity index (χ2n) is 10.5. The minimum atomic E-state index is -0.150. The molecule has 3 aromatic carbocycles. The fourth-order valence-corrected chi connectivity index (χ4v) is 6.46. The molecule has 0 bridgehead atoms. The van der Waals surface area contributed by atoms with Gasteiger partial charge in [-0.1, -0.05) is 109 Å². The topological polar surface area (TPSA) is 34.4 Å². The van der Waals surface area contributed by atoms with Gasteiger partial charge in [-0.05, 0) is 64.3 Å². The summed E-state index contributed by atoms with van der Waals surface area (Å²) in [5, 5.41) is 0. The molecule has 1 atom stereocenters. The van der Waals surface area contributed by atoms with E-state index >= 15 is 0 Å². The van der Waals surface area contributed by atoms with Gasteiger partial charge in [0.1, 0.15) is 0 Å². The quantitative estimate of drug-likeness (QED) is 0.283. The van der Waals surface area contributed by atoms with Crippen LogP contribution in [0, 0.1) is 0 Å². The monoisotopic (exact) mass is 554 g/mol. The summed E-state index contributed by atoms with van der Waals surface area (Å²) in [7, 11) is 0. The molecule has 4 aromatic rings. The summed E-state index contributed by atoms with van der Waals surface area (Å²) >= 11 is 5.05. The molecule has 2 heterocycles. The standard InChI is InChI=1S/C31H27BrN2OS/c1-31(2,3)22-13-8-19(9-14-22)18-26-29(35)34-28(21-10-15-23(32)16-11-21)25-17-12-20-6-4-5-7-24(20)27(25)33-30(34)36-26/h4-11,13-16,18,28H,12,17H2,1-3H3/b26-18-/t28-/m1/s1. The summed E-state index contributed by atoms with van der Waals surface area (Å²) in [5.74, 6) is 0. The van der Waals surface area contributed by atoms with Crippen LogP contribution in [0.15, 0.2) is 92.6 Å². The minimum Gasteiger partial charge on any atom is -0.272 e. The maximum atomic E-state index is 13.9. The summed E-state index contributed by atoms with van der Waals surface area (Å²) in [5.41, 5.74) is 8.32. The van der Waals surface area contributed by atoms with Crippen LogP contribution in [-0.4, -0.2) is 4.57 Å². The molecule has 6 rings (SSSR count). The van der Waals surface area contributed by atoms with Crippen LogP contribution in [0.25, 0.3) is 11.8 Å². The number of hydrogen-bond donors (Lipinski definition) is 0. The van der Waals surface area contributed by atoms with E-state index in [2.05, 4.69) is 109 Å². The Morgan fingerprint density at radius 2 is 1.69 bits per heavy atom. The smallest absolute Gasteiger partial charge is 0.271 e. The van der Waals surface area contributed by atoms with Crippen molar-refractivity contribution in [1.82, 2.24) is 4.57 Å². The van der Waals surface area contributed by atoms with E-state index in [4.69, 9.17) is 4.99 Å². The van der Waals surface area contributed by atoms with Gasteiger partial charge in [0.15, 0.2) is 4.80 Å². The van der Waals surface area contributed by atoms with Crippen molar-refractivity contribution in [2.24, 2.45) is 4.99 Å². The first kappa shape index (κ1) is 23.4. The van der Waals surface area contributed by atoms with Crippen molar-refractivity contribution in [2.45, 2.75) is 45.1 Å². The van der Waals surface area contributed by atoms with E-state index in [1.165, 1.54) is 33.6 Å². The number of fused-ring (bicyclic) bond motifs is 3. The van der Waals surface area contributed by atoms with Crippen LogP contribution in [0.3, 0.4) is 0 Å². The first-order chi connectivity index (χ1) is 17.3. The summed E-state index contributed by atoms with van der Waals surface area (Å²) in [6, 6.07) is 25.2. The first-order valence-electron chi connectivity index (χ1n) is 12.3. The summed E-state index contributed by atoms with van der Waals surface area (Å²) < 4.78 is 3.66. The molecule has 2 aliphatic rings. The van der Waals surface area contributed by atoms with Crippen molar-refractivity contribution in [3.63, 3.8) is 0 Å². The highest BCUT2D eigenvalue weighted by Crippen LogP contribution is 2.41. The molecule has 3 nitrogen and oxygen atoms in total. The van der Waals surface area contributed by atoms with Crippen LogP contribution in [0.2, 0.25) is 0 Å². The largest absolute Gasteiger partial charge is 0.272 e. The molecule has 180 valence electrons. The molecular weight excluding hydrogens is 528 g/mol. The van der Waals surface area contributed by atoms with Gasteiger partial charge >= 0.3 is 0 Å². The van der Waals surface area contributed by atoms with E-state index in [0.29, 0.717) is 4.53 Å². The Morgan fingerprint density at radius 3 is 2.42 bits per heavy atom. The number of nitrogens with zero attached hydrogens (tertiary/aromatic N) is 2. The molecule has 1 aliphatic heterocycles. The molecule has 0 radical (unpaired) electrons. The molecule has 0 saturated carbocycles. The Morgan fingerprint density at radius 1 is 0.972 bits per heavy atom. The number of aromatic nitrogens is 1. The summed E-state index contributed by atoms with van der Waals surface area (Å²) in [6.45, 7) is 6.63. The van der Waals surface area contributed by atoms with E-state index < -0.39 is 0 Å². The fourth-order valence-electron chi connectivity index (χ4n) is 5.20. The van der Waals surface area contributed by atoms with E-state index in [-0.39, 0.29) is 17.0 Å². The van der Waals surface area contributed by atoms with Crippen molar-refractivity contribution < 1.29 is 0 Å². The van der Waals surface area contributed by atoms with Crippen LogP contribution in [0.5, 0.6) is 0 Å². The average molecular weight is 556 g/mol. The SMILES string of the molecule is CC(C)(C)c1ccc(/C=c2\sc3n(c2=O)[C@H](c2ccc(Br)cc2)C2=C(N=3)c3ccccc3CC2)cc1. The lowest BCUT2D eigenvalue weighted by Crippen LogP contribution is -2.38. The van der Waals surface area contributed by atoms with Gasteiger partial charge in [0.25, 0.3) is 5.56 Å². The lowest BCUT2D eigenvalue weighted by Gasteiger charge is -2.30. The number of allylic oxidation sites excluding steroid dienone is 1. The Hall–Kier alpha value is -3.02. The predicted octanol–water partition coefficient (Wildman–Crippen LogP) is 6.38. The van der Waals surface area contributed by atoms with Gasteiger partial charge in [-0.15, -0.1) is 0 Å². The first-order valence-corrected chi connectivity index (χ1v) is 13.9. The Labute approximate surface area is 223 Å². The predicted molar refractivity (Wildman–Crippen MR) is 152 cm³/mol. The number of benzene rings is 3. The van der Waals surface area contributed by atoms with Gasteiger partial charge in [0, 0.05) is 10.0 Å². The van der Waals surface area contributed by atoms with Crippen LogP contribution in [0.4, 0.5) is 0 Å². The number of halogens is 1. The van der Waals surface area contributed by atoms with E-state index in [9.17, 15) is 4.79 Å². The van der Waals surface area contributed by atoms with Crippen molar-refractivity contribution in [2.75, 3.05) is 0 Å². The van der Waals surface area contributed by atoms with Crippen molar-refractivity contribution in [3.8, 4) is 0 Å². The third-order valence-electron chi connectivity index (χ3n) is 7.13. The van der Waals surface area contributed by atoms with Crippen molar-refractivity contribution in [3.05, 3.63) is 130 Å². The van der Waals surface area contributed by atoms with Gasteiger partial charge in [-0.2, -0.15) is 0 Å². The van der Waals surface area contributed by atoms with Gasteiger partial charge in [-0.25, -0.2) is 4.99 Å². The highest BCUT2D eigenvalue weighted by molar-refractivity contribution is 9.10. The molecule has 1 aliphatic carbocycles. The van der Waals surface area contributed by atoms with Crippen LogP contribution in [0.1, 0.15) is 61.1 Å². The normalized spacial score (nSPS) is 17.3. The van der Waals surface area contributed by atoms with Gasteiger partial charge < -0.3 is 0 Å². The molecule has 0 fully saturated rings. The summed E-state index contributed by atoms with van der Waals surface area (Å²) in [6.07, 6.45) is 3.86. The second-order valence-corrected chi connectivity index (χ2v) is 12.5. The number of hydrogen-bond acceptors (Lipinski definition) is 3. The van der Waals surface area contributed by atoms with Crippen LogP contribution in [-0.2, 0) is 11.8 Å². The molecule has 36 heavy (non-hydrogen) atoms. The minimum absolute atomic E-state index is 0.0250. The zero-order chi connectivity index (χ0) is 25.0. The van der Waals surface area contributed by atoms with Crippen LogP contribution >= 0.6 is 27.3 Å². The van der Waals surface area contributed by atoms with Gasteiger partial charge in [-0.3, -0.25) is 9.36 Å². The summed E-state index contributed by atoms with van der Waals surface area (Å²) in [4.78, 5) is 19.7. The molecule has 0 amide bonds. The van der Waals surface area contributed by atoms with Gasteiger partial charge in [0.2, 0.25) is 0 Å². The molecule has 0 saturated heterocycles. The number of rotatable bonds is 2. The molecule has 0 N–H and O–H groups in total. The van der Waals surface area contributed by atoms with E-state index in [1.807, 2.05) is 10.6 Å². The second kappa shape index (κ2) is 8.82.